The summed E-state index contributed by atoms with van der Waals surface area (Å²) in [5.41, 5.74) is 0. The van der Waals surface area contributed by atoms with Crippen LogP contribution in [-0.4, -0.2) is 22.6 Å². The molecule has 0 amide bonds. The molecule has 0 saturated heterocycles. The van der Waals surface area contributed by atoms with E-state index in [1.807, 2.05) is 0 Å². The van der Waals surface area contributed by atoms with E-state index in [1.165, 1.54) is 14.8 Å². The third-order valence-corrected chi connectivity index (χ3v) is 5.70. The molecular weight excluding hydrogens is 224 g/mol. The molecule has 0 unspecified atom stereocenters. The van der Waals surface area contributed by atoms with Gasteiger partial charge in [0.05, 0.1) is 0 Å². The molecule has 0 nitrogen and oxygen atoms in total. The monoisotopic (exact) mass is 234 g/mol. The molecule has 0 fully saturated rings. The van der Waals surface area contributed by atoms with E-state index < -0.39 is 22.6 Å². The molecule has 0 heterocycles. The Morgan fingerprint density at radius 2 is 1.12 bits per heavy atom. The van der Waals surface area contributed by atoms with Gasteiger partial charge in [-0.1, -0.05) is 0 Å². The summed E-state index contributed by atoms with van der Waals surface area (Å²) in [6.45, 7) is 0. The minimum absolute atomic E-state index is 1.36. The van der Waals surface area contributed by atoms with Crippen LogP contribution in [-0.2, 0) is 0 Å². The molecule has 4 heteroatoms. The average Bonchev–Trinajstić information content (AvgIpc) is 1.25. The third-order valence-electron chi connectivity index (χ3n) is 0.850. The Hall–Kier alpha value is 0.589. The summed E-state index contributed by atoms with van der Waals surface area (Å²) in [6.07, 6.45) is 0. The molecule has 0 radical (unpaired) electrons. The maximum absolute atomic E-state index is 11.7. The molecule has 0 aromatic carbocycles. The van der Waals surface area contributed by atoms with E-state index in [0.29, 0.717) is 0 Å². The van der Waals surface area contributed by atoms with Gasteiger partial charge in [-0.3, -0.25) is 0 Å². The van der Waals surface area contributed by atoms with Gasteiger partial charge in [0, 0.05) is 0 Å². The summed E-state index contributed by atoms with van der Waals surface area (Å²) in [5.74, 6) is 0. The van der Waals surface area contributed by atoms with Crippen LogP contribution in [0.3, 0.4) is 0 Å². The second-order valence-electron chi connectivity index (χ2n) is 2.75. The van der Waals surface area contributed by atoms with Crippen LogP contribution in [0, 0.1) is 0 Å². The van der Waals surface area contributed by atoms with Crippen LogP contribution in [0.25, 0.3) is 0 Å². The number of hydrogen-bond donors (Lipinski definition) is 0. The Bertz CT molecular complexity index is 66.3. The summed E-state index contributed by atoms with van der Waals surface area (Å²) in [7, 11) is 0. The standard InChI is InChI=1S/CF3.3CH3.Sn/c2-1(3)4;;;;/h;3*1H3;. The Morgan fingerprint density at radius 1 is 1.00 bits per heavy atom. The molecule has 8 heavy (non-hydrogen) atoms. The van der Waals surface area contributed by atoms with Gasteiger partial charge < -0.3 is 0 Å². The molecule has 0 rings (SSSR count). The second kappa shape index (κ2) is 2.08. The molecule has 0 spiro atoms. The van der Waals surface area contributed by atoms with Crippen molar-refractivity contribution in [2.45, 2.75) is 19.0 Å². The van der Waals surface area contributed by atoms with Crippen LogP contribution in [0.5, 0.6) is 0 Å². The fourth-order valence-electron chi connectivity index (χ4n) is 0. The van der Waals surface area contributed by atoms with Crippen molar-refractivity contribution in [2.75, 3.05) is 0 Å². The van der Waals surface area contributed by atoms with E-state index in [2.05, 4.69) is 0 Å². The van der Waals surface area contributed by atoms with Crippen molar-refractivity contribution in [3.8, 4) is 0 Å². The Kier molecular flexibility index (Phi) is 2.23. The third kappa shape index (κ3) is 2.24. The average molecular weight is 233 g/mol. The topological polar surface area (TPSA) is 0 Å². The predicted molar refractivity (Wildman–Crippen MR) is 29.4 cm³/mol. The first-order valence-corrected chi connectivity index (χ1v) is 12.3. The number of rotatable bonds is 0. The molecular formula is C4H9F3Sn. The van der Waals surface area contributed by atoms with Crippen LogP contribution in [0.1, 0.15) is 0 Å². The quantitative estimate of drug-likeness (QED) is 0.563. The van der Waals surface area contributed by atoms with Crippen molar-refractivity contribution >= 4 is 18.4 Å². The Balaban J connectivity index is 4.02. The van der Waals surface area contributed by atoms with Gasteiger partial charge in [-0.05, 0) is 0 Å². The fourth-order valence-corrected chi connectivity index (χ4v) is 0. The zero-order chi connectivity index (χ0) is 7.00. The van der Waals surface area contributed by atoms with Gasteiger partial charge in [0.15, 0.2) is 0 Å². The van der Waals surface area contributed by atoms with Crippen molar-refractivity contribution in [3.63, 3.8) is 0 Å². The summed E-state index contributed by atoms with van der Waals surface area (Å²) < 4.78 is 31.1. The van der Waals surface area contributed by atoms with Crippen LogP contribution < -0.4 is 0 Å². The first-order chi connectivity index (χ1) is 3.25. The molecule has 0 aliphatic carbocycles. The first-order valence-electron chi connectivity index (χ1n) is 2.32. The zero-order valence-electron chi connectivity index (χ0n) is 5.13. The normalized spacial score (nSPS) is 14.2. The number of halogens is 3. The van der Waals surface area contributed by atoms with E-state index in [9.17, 15) is 13.2 Å². The van der Waals surface area contributed by atoms with E-state index >= 15 is 0 Å². The second-order valence-corrected chi connectivity index (χ2v) is 17.2. The predicted octanol–water partition coefficient (Wildman–Crippen LogP) is 2.43. The van der Waals surface area contributed by atoms with Crippen molar-refractivity contribution in [1.29, 1.82) is 0 Å². The molecule has 0 aromatic rings. The van der Waals surface area contributed by atoms with Crippen LogP contribution in [0.4, 0.5) is 13.2 Å². The summed E-state index contributed by atoms with van der Waals surface area (Å²) in [4.78, 5) is 4.07. The van der Waals surface area contributed by atoms with Crippen molar-refractivity contribution in [2.24, 2.45) is 0 Å². The van der Waals surface area contributed by atoms with Crippen molar-refractivity contribution in [3.05, 3.63) is 0 Å². The van der Waals surface area contributed by atoms with E-state index in [1.54, 1.807) is 0 Å². The van der Waals surface area contributed by atoms with Gasteiger partial charge in [-0.2, -0.15) is 0 Å². The molecule has 50 valence electrons. The van der Waals surface area contributed by atoms with E-state index in [0.717, 1.165) is 0 Å². The number of hydrogen-bond acceptors (Lipinski definition) is 0. The van der Waals surface area contributed by atoms with Crippen LogP contribution >= 0.6 is 0 Å². The molecule has 0 aliphatic rings. The zero-order valence-corrected chi connectivity index (χ0v) is 7.99. The van der Waals surface area contributed by atoms with Gasteiger partial charge in [0.1, 0.15) is 0 Å². The summed E-state index contributed by atoms with van der Waals surface area (Å²) in [5, 5.41) is 0. The molecule has 0 saturated carbocycles. The van der Waals surface area contributed by atoms with E-state index in [-0.39, 0.29) is 0 Å². The number of alkyl halides is 3. The van der Waals surface area contributed by atoms with E-state index in [4.69, 9.17) is 0 Å². The summed E-state index contributed by atoms with van der Waals surface area (Å²) in [6, 6.07) is 0. The fraction of sp³-hybridized carbons (Fsp3) is 1.00. The molecule has 0 aliphatic heterocycles. The first kappa shape index (κ1) is 8.59. The summed E-state index contributed by atoms with van der Waals surface area (Å²) >= 11 is -3.52. The van der Waals surface area contributed by atoms with Gasteiger partial charge >= 0.3 is 50.6 Å². The molecule has 0 N–H and O–H groups in total. The Morgan fingerprint density at radius 3 is 1.12 bits per heavy atom. The maximum atomic E-state index is 11.7. The minimum atomic E-state index is -3.85. The molecule has 0 bridgehead atoms. The molecule has 0 atom stereocenters. The van der Waals surface area contributed by atoms with Crippen LogP contribution in [0.15, 0.2) is 0 Å². The van der Waals surface area contributed by atoms with Gasteiger partial charge in [0.25, 0.3) is 0 Å². The molecule has 0 aromatic heterocycles. The van der Waals surface area contributed by atoms with Crippen molar-refractivity contribution < 1.29 is 13.2 Å². The van der Waals surface area contributed by atoms with Crippen molar-refractivity contribution in [1.82, 2.24) is 0 Å². The van der Waals surface area contributed by atoms with Gasteiger partial charge in [-0.15, -0.1) is 0 Å². The van der Waals surface area contributed by atoms with Gasteiger partial charge in [-0.25, -0.2) is 0 Å². The SMILES string of the molecule is [CH3][Sn]([CH3])([CH3])[C](F)(F)F. The Labute approximate surface area is 50.9 Å². The van der Waals surface area contributed by atoms with Crippen LogP contribution in [0.2, 0.25) is 14.8 Å². The van der Waals surface area contributed by atoms with Gasteiger partial charge in [0.2, 0.25) is 0 Å².